The maximum Gasteiger partial charge on any atom is 0.260 e. The van der Waals surface area contributed by atoms with Crippen molar-refractivity contribution >= 4 is 11.6 Å². The molecule has 6 nitrogen and oxygen atoms in total. The Morgan fingerprint density at radius 3 is 2.59 bits per heavy atom. The van der Waals surface area contributed by atoms with Gasteiger partial charge in [-0.15, -0.1) is 0 Å². The Hall–Kier alpha value is -3.80. The minimum absolute atomic E-state index is 0.250. The molecule has 0 radical (unpaired) electrons. The van der Waals surface area contributed by atoms with Gasteiger partial charge in [0.15, 0.2) is 5.82 Å². The Morgan fingerprint density at radius 1 is 0.963 bits per heavy atom. The number of benzene rings is 2. The molecule has 0 aliphatic carbocycles. The van der Waals surface area contributed by atoms with Crippen molar-refractivity contribution in [3.8, 4) is 11.5 Å². The second-order valence-electron chi connectivity index (χ2n) is 5.92. The molecule has 0 unspecified atom stereocenters. The van der Waals surface area contributed by atoms with E-state index in [1.807, 2.05) is 48.5 Å². The molecule has 4 rings (SSSR count). The lowest BCUT2D eigenvalue weighted by atomic mass is 10.1. The molecule has 0 atom stereocenters. The lowest BCUT2D eigenvalue weighted by Crippen LogP contribution is -2.12. The van der Waals surface area contributed by atoms with Crippen LogP contribution in [0.2, 0.25) is 0 Å². The molecule has 0 spiro atoms. The summed E-state index contributed by atoms with van der Waals surface area (Å²) in [7, 11) is 0. The summed E-state index contributed by atoms with van der Waals surface area (Å²) >= 11 is 0. The van der Waals surface area contributed by atoms with E-state index in [2.05, 4.69) is 20.4 Å². The zero-order valence-electron chi connectivity index (χ0n) is 14.4. The molecule has 1 N–H and O–H groups in total. The van der Waals surface area contributed by atoms with Gasteiger partial charge >= 0.3 is 0 Å². The summed E-state index contributed by atoms with van der Waals surface area (Å²) < 4.78 is 5.43. The van der Waals surface area contributed by atoms with Crippen molar-refractivity contribution in [1.29, 1.82) is 0 Å². The van der Waals surface area contributed by atoms with Gasteiger partial charge in [0.2, 0.25) is 0 Å². The summed E-state index contributed by atoms with van der Waals surface area (Å²) in [5, 5.41) is 6.94. The first-order valence-corrected chi connectivity index (χ1v) is 8.47. The van der Waals surface area contributed by atoms with Gasteiger partial charge in [-0.1, -0.05) is 47.6 Å². The van der Waals surface area contributed by atoms with Crippen LogP contribution in [0.3, 0.4) is 0 Å². The van der Waals surface area contributed by atoms with E-state index in [-0.39, 0.29) is 5.91 Å². The Bertz CT molecular complexity index is 1050. The van der Waals surface area contributed by atoms with Gasteiger partial charge in [0.05, 0.1) is 16.8 Å². The molecular formula is C21H16N4O2. The SMILES string of the molecule is O=C(Nc1ccccc1-c1nc(Cc2ccccc2)no1)c1cccnc1. The molecule has 27 heavy (non-hydrogen) atoms. The van der Waals surface area contributed by atoms with E-state index >= 15 is 0 Å². The van der Waals surface area contributed by atoms with Crippen LogP contribution < -0.4 is 5.32 Å². The number of carbonyl (C=O) groups excluding carboxylic acids is 1. The van der Waals surface area contributed by atoms with E-state index < -0.39 is 0 Å². The standard InChI is InChI=1S/C21H16N4O2/c26-20(16-9-6-12-22-14-16)23-18-11-5-4-10-17(18)21-24-19(25-27-21)13-15-7-2-1-3-8-15/h1-12,14H,13H2,(H,23,26). The van der Waals surface area contributed by atoms with Crippen LogP contribution in [0.4, 0.5) is 5.69 Å². The van der Waals surface area contributed by atoms with E-state index in [0.29, 0.717) is 35.0 Å². The highest BCUT2D eigenvalue weighted by Gasteiger charge is 2.15. The van der Waals surface area contributed by atoms with Gasteiger partial charge in [-0.25, -0.2) is 0 Å². The number of hydrogen-bond acceptors (Lipinski definition) is 5. The maximum atomic E-state index is 12.4. The van der Waals surface area contributed by atoms with E-state index in [1.165, 1.54) is 6.20 Å². The fourth-order valence-electron chi connectivity index (χ4n) is 2.68. The molecular weight excluding hydrogens is 340 g/mol. The first kappa shape index (κ1) is 16.7. The number of aromatic nitrogens is 3. The van der Waals surface area contributed by atoms with Crippen molar-refractivity contribution in [3.63, 3.8) is 0 Å². The highest BCUT2D eigenvalue weighted by molar-refractivity contribution is 6.05. The molecule has 0 aliphatic rings. The van der Waals surface area contributed by atoms with Crippen LogP contribution in [0.15, 0.2) is 83.6 Å². The fraction of sp³-hybridized carbons (Fsp3) is 0.0476. The second-order valence-corrected chi connectivity index (χ2v) is 5.92. The van der Waals surface area contributed by atoms with Crippen LogP contribution in [0, 0.1) is 0 Å². The summed E-state index contributed by atoms with van der Waals surface area (Å²) in [5.41, 5.74) is 2.84. The van der Waals surface area contributed by atoms with Gasteiger partial charge in [-0.05, 0) is 29.8 Å². The Labute approximate surface area is 155 Å². The van der Waals surface area contributed by atoms with E-state index in [4.69, 9.17) is 4.52 Å². The van der Waals surface area contributed by atoms with Crippen molar-refractivity contribution in [2.75, 3.05) is 5.32 Å². The van der Waals surface area contributed by atoms with Gasteiger partial charge < -0.3 is 9.84 Å². The molecule has 0 saturated carbocycles. The van der Waals surface area contributed by atoms with Crippen molar-refractivity contribution < 1.29 is 9.32 Å². The van der Waals surface area contributed by atoms with Gasteiger partial charge in [0.1, 0.15) is 0 Å². The lowest BCUT2D eigenvalue weighted by molar-refractivity contribution is 0.102. The Balaban J connectivity index is 1.57. The average molecular weight is 356 g/mol. The molecule has 0 bridgehead atoms. The number of nitrogens with zero attached hydrogens (tertiary/aromatic N) is 3. The van der Waals surface area contributed by atoms with E-state index in [0.717, 1.165) is 5.56 Å². The van der Waals surface area contributed by atoms with Crippen LogP contribution in [0.25, 0.3) is 11.5 Å². The van der Waals surface area contributed by atoms with E-state index in [1.54, 1.807) is 24.4 Å². The number of hydrogen-bond donors (Lipinski definition) is 1. The average Bonchev–Trinajstić information content (AvgIpc) is 3.18. The highest BCUT2D eigenvalue weighted by Crippen LogP contribution is 2.27. The molecule has 132 valence electrons. The number of nitrogens with one attached hydrogen (secondary N) is 1. The van der Waals surface area contributed by atoms with Crippen LogP contribution in [0.5, 0.6) is 0 Å². The zero-order chi connectivity index (χ0) is 18.5. The predicted molar refractivity (Wildman–Crippen MR) is 101 cm³/mol. The molecule has 0 aliphatic heterocycles. The van der Waals surface area contributed by atoms with Crippen LogP contribution in [-0.2, 0) is 6.42 Å². The van der Waals surface area contributed by atoms with Crippen molar-refractivity contribution in [1.82, 2.24) is 15.1 Å². The monoisotopic (exact) mass is 356 g/mol. The molecule has 2 heterocycles. The van der Waals surface area contributed by atoms with Crippen molar-refractivity contribution in [2.24, 2.45) is 0 Å². The smallest absolute Gasteiger partial charge is 0.260 e. The third-order valence-corrected chi connectivity index (χ3v) is 4.00. The summed E-state index contributed by atoms with van der Waals surface area (Å²) in [6.45, 7) is 0. The van der Waals surface area contributed by atoms with Crippen molar-refractivity contribution in [2.45, 2.75) is 6.42 Å². The third kappa shape index (κ3) is 3.90. The summed E-state index contributed by atoms with van der Waals surface area (Å²) in [5.74, 6) is 0.701. The number of carbonyl (C=O) groups is 1. The summed E-state index contributed by atoms with van der Waals surface area (Å²) in [6, 6.07) is 20.7. The summed E-state index contributed by atoms with van der Waals surface area (Å²) in [4.78, 5) is 20.9. The normalized spacial score (nSPS) is 10.5. The topological polar surface area (TPSA) is 80.9 Å². The van der Waals surface area contributed by atoms with Gasteiger partial charge in [-0.2, -0.15) is 4.98 Å². The minimum atomic E-state index is -0.250. The number of para-hydroxylation sites is 1. The van der Waals surface area contributed by atoms with E-state index in [9.17, 15) is 4.79 Å². The molecule has 6 heteroatoms. The molecule has 1 amide bonds. The first-order chi connectivity index (χ1) is 13.3. The number of pyridine rings is 1. The van der Waals surface area contributed by atoms with Crippen molar-refractivity contribution in [3.05, 3.63) is 96.1 Å². The fourth-order valence-corrected chi connectivity index (χ4v) is 2.68. The van der Waals surface area contributed by atoms with Gasteiger partial charge in [0, 0.05) is 18.8 Å². The second kappa shape index (κ2) is 7.61. The maximum absolute atomic E-state index is 12.4. The molecule has 0 fully saturated rings. The van der Waals surface area contributed by atoms with Crippen LogP contribution in [0.1, 0.15) is 21.7 Å². The third-order valence-electron chi connectivity index (χ3n) is 4.00. The van der Waals surface area contributed by atoms with Gasteiger partial charge in [0.25, 0.3) is 11.8 Å². The molecule has 2 aromatic heterocycles. The van der Waals surface area contributed by atoms with Gasteiger partial charge in [-0.3, -0.25) is 9.78 Å². The zero-order valence-corrected chi connectivity index (χ0v) is 14.4. The minimum Gasteiger partial charge on any atom is -0.334 e. The van der Waals surface area contributed by atoms with Crippen LogP contribution >= 0.6 is 0 Å². The van der Waals surface area contributed by atoms with Crippen LogP contribution in [-0.4, -0.2) is 21.0 Å². The number of anilines is 1. The molecule has 0 saturated heterocycles. The molecule has 4 aromatic rings. The number of rotatable bonds is 5. The Morgan fingerprint density at radius 2 is 1.78 bits per heavy atom. The number of amides is 1. The predicted octanol–water partition coefficient (Wildman–Crippen LogP) is 3.97. The molecule has 2 aromatic carbocycles. The lowest BCUT2D eigenvalue weighted by Gasteiger charge is -2.08. The quantitative estimate of drug-likeness (QED) is 0.585. The highest BCUT2D eigenvalue weighted by atomic mass is 16.5. The largest absolute Gasteiger partial charge is 0.334 e. The summed E-state index contributed by atoms with van der Waals surface area (Å²) in [6.07, 6.45) is 3.72. The Kier molecular flexibility index (Phi) is 4.70. The first-order valence-electron chi connectivity index (χ1n) is 8.47.